The SMILES string of the molecule is CCC(CC)(c1cc(C)c(O)c(N)c1C)c1cc(C)c(O)c(N)c1C. The number of hydrogen-bond acceptors (Lipinski definition) is 4. The molecule has 4 nitrogen and oxygen atoms in total. The third-order valence-corrected chi connectivity index (χ3v) is 5.83. The van der Waals surface area contributed by atoms with Gasteiger partial charge >= 0.3 is 0 Å². The summed E-state index contributed by atoms with van der Waals surface area (Å²) in [6, 6.07) is 4.07. The second kappa shape index (κ2) is 6.51. The Bertz CT molecular complexity index is 756. The Hall–Kier alpha value is -2.36. The van der Waals surface area contributed by atoms with Crippen LogP contribution in [0.5, 0.6) is 11.5 Å². The summed E-state index contributed by atoms with van der Waals surface area (Å²) in [6.07, 6.45) is 1.72. The van der Waals surface area contributed by atoms with E-state index in [9.17, 15) is 10.2 Å². The van der Waals surface area contributed by atoms with Crippen LogP contribution < -0.4 is 11.5 Å². The molecular formula is C21H30N2O2. The first kappa shape index (κ1) is 19.0. The van der Waals surface area contributed by atoms with E-state index in [2.05, 4.69) is 13.8 Å². The maximum absolute atomic E-state index is 10.2. The van der Waals surface area contributed by atoms with Gasteiger partial charge in [-0.15, -0.1) is 0 Å². The number of nitrogens with two attached hydrogens (primary N) is 2. The van der Waals surface area contributed by atoms with Gasteiger partial charge in [0.05, 0.1) is 11.4 Å². The van der Waals surface area contributed by atoms with Gasteiger partial charge < -0.3 is 21.7 Å². The minimum absolute atomic E-state index is 0.153. The van der Waals surface area contributed by atoms with Gasteiger partial charge in [0, 0.05) is 5.41 Å². The topological polar surface area (TPSA) is 92.5 Å². The Labute approximate surface area is 150 Å². The van der Waals surface area contributed by atoms with Gasteiger partial charge in [0.1, 0.15) is 11.5 Å². The van der Waals surface area contributed by atoms with Crippen molar-refractivity contribution in [1.29, 1.82) is 0 Å². The minimum Gasteiger partial charge on any atom is -0.506 e. The van der Waals surface area contributed by atoms with Crippen molar-refractivity contribution in [1.82, 2.24) is 0 Å². The van der Waals surface area contributed by atoms with Crippen LogP contribution in [0.4, 0.5) is 11.4 Å². The summed E-state index contributed by atoms with van der Waals surface area (Å²) in [5, 5.41) is 20.4. The first-order valence-electron chi connectivity index (χ1n) is 8.80. The second-order valence-corrected chi connectivity index (χ2v) is 7.05. The zero-order chi connectivity index (χ0) is 19.1. The van der Waals surface area contributed by atoms with Crippen molar-refractivity contribution < 1.29 is 10.2 Å². The number of hydrogen-bond donors (Lipinski definition) is 4. The normalized spacial score (nSPS) is 11.8. The Morgan fingerprint density at radius 1 is 0.760 bits per heavy atom. The highest BCUT2D eigenvalue weighted by Gasteiger charge is 2.36. The number of aryl methyl sites for hydroxylation is 2. The fourth-order valence-electron chi connectivity index (χ4n) is 4.01. The Balaban J connectivity index is 2.92. The van der Waals surface area contributed by atoms with Crippen molar-refractivity contribution in [2.75, 3.05) is 11.5 Å². The fraction of sp³-hybridized carbons (Fsp3) is 0.429. The van der Waals surface area contributed by atoms with Crippen LogP contribution in [0.25, 0.3) is 0 Å². The third kappa shape index (κ3) is 2.70. The molecule has 0 spiro atoms. The molecule has 0 atom stereocenters. The molecule has 0 bridgehead atoms. The summed E-state index contributed by atoms with van der Waals surface area (Å²) >= 11 is 0. The molecule has 4 heteroatoms. The average Bonchev–Trinajstić information content (AvgIpc) is 2.60. The van der Waals surface area contributed by atoms with E-state index < -0.39 is 0 Å². The van der Waals surface area contributed by atoms with Crippen molar-refractivity contribution >= 4 is 11.4 Å². The molecule has 25 heavy (non-hydrogen) atoms. The molecule has 0 amide bonds. The molecule has 0 heterocycles. The highest BCUT2D eigenvalue weighted by molar-refractivity contribution is 5.69. The fourth-order valence-corrected chi connectivity index (χ4v) is 4.01. The monoisotopic (exact) mass is 342 g/mol. The first-order valence-corrected chi connectivity index (χ1v) is 8.80. The summed E-state index contributed by atoms with van der Waals surface area (Å²) in [5.41, 5.74) is 18.5. The number of rotatable bonds is 4. The predicted octanol–water partition coefficient (Wildman–Crippen LogP) is 4.60. The molecule has 0 aromatic heterocycles. The summed E-state index contributed by atoms with van der Waals surface area (Å²) in [6.45, 7) is 12.0. The molecule has 2 aromatic rings. The number of phenolic OH excluding ortho intramolecular Hbond substituents is 2. The van der Waals surface area contributed by atoms with Crippen molar-refractivity contribution in [3.63, 3.8) is 0 Å². The predicted molar refractivity (Wildman–Crippen MR) is 105 cm³/mol. The second-order valence-electron chi connectivity index (χ2n) is 7.05. The van der Waals surface area contributed by atoms with Gasteiger partial charge in [-0.1, -0.05) is 26.0 Å². The van der Waals surface area contributed by atoms with Gasteiger partial charge in [-0.2, -0.15) is 0 Å². The molecule has 6 N–H and O–H groups in total. The average molecular weight is 342 g/mol. The molecule has 136 valence electrons. The quantitative estimate of drug-likeness (QED) is 0.482. The Kier molecular flexibility index (Phi) is 4.94. The van der Waals surface area contributed by atoms with E-state index in [1.807, 2.05) is 39.8 Å². The minimum atomic E-state index is -0.284. The van der Waals surface area contributed by atoms with Crippen LogP contribution in [0, 0.1) is 27.7 Å². The first-order chi connectivity index (χ1) is 11.6. The van der Waals surface area contributed by atoms with E-state index in [0.717, 1.165) is 46.2 Å². The smallest absolute Gasteiger partial charge is 0.141 e. The van der Waals surface area contributed by atoms with Crippen molar-refractivity contribution in [2.24, 2.45) is 0 Å². The number of aromatic hydroxyl groups is 2. The summed E-state index contributed by atoms with van der Waals surface area (Å²) < 4.78 is 0. The lowest BCUT2D eigenvalue weighted by Gasteiger charge is -2.37. The number of phenols is 2. The van der Waals surface area contributed by atoms with Crippen LogP contribution in [0.15, 0.2) is 12.1 Å². The maximum Gasteiger partial charge on any atom is 0.141 e. The number of benzene rings is 2. The standard InChI is InChI=1S/C21H30N2O2/c1-7-21(8-2,15-9-11(3)19(24)17(22)13(15)5)16-10-12(4)20(25)18(23)14(16)6/h9-10,24-25H,7-8,22-23H2,1-6H3. The molecule has 2 aromatic carbocycles. The van der Waals surface area contributed by atoms with Gasteiger partial charge in [0.15, 0.2) is 0 Å². The maximum atomic E-state index is 10.2. The molecule has 2 rings (SSSR count). The van der Waals surface area contributed by atoms with E-state index in [-0.39, 0.29) is 16.9 Å². The summed E-state index contributed by atoms with van der Waals surface area (Å²) in [7, 11) is 0. The van der Waals surface area contributed by atoms with Crippen LogP contribution in [0.1, 0.15) is 60.1 Å². The van der Waals surface area contributed by atoms with Gasteiger partial charge in [0.2, 0.25) is 0 Å². The number of nitrogen functional groups attached to an aromatic ring is 2. The van der Waals surface area contributed by atoms with E-state index in [0.29, 0.717) is 11.4 Å². The molecule has 0 fully saturated rings. The summed E-state index contributed by atoms with van der Waals surface area (Å²) in [4.78, 5) is 0. The van der Waals surface area contributed by atoms with Crippen molar-refractivity contribution in [3.05, 3.63) is 45.5 Å². The Morgan fingerprint density at radius 3 is 1.36 bits per heavy atom. The highest BCUT2D eigenvalue weighted by Crippen LogP contribution is 2.47. The largest absolute Gasteiger partial charge is 0.506 e. The molecule has 0 saturated carbocycles. The molecule has 0 radical (unpaired) electrons. The zero-order valence-electron chi connectivity index (χ0n) is 16.1. The molecule has 0 aliphatic heterocycles. The van der Waals surface area contributed by atoms with Crippen molar-refractivity contribution in [3.8, 4) is 11.5 Å². The van der Waals surface area contributed by atoms with E-state index in [1.165, 1.54) is 0 Å². The molecular weight excluding hydrogens is 312 g/mol. The van der Waals surface area contributed by atoms with Crippen molar-refractivity contribution in [2.45, 2.75) is 59.8 Å². The lowest BCUT2D eigenvalue weighted by molar-refractivity contribution is 0.456. The van der Waals surface area contributed by atoms with Crippen LogP contribution >= 0.6 is 0 Å². The van der Waals surface area contributed by atoms with E-state index in [4.69, 9.17) is 11.5 Å². The molecule has 0 aliphatic carbocycles. The van der Waals surface area contributed by atoms with Crippen LogP contribution in [0.3, 0.4) is 0 Å². The van der Waals surface area contributed by atoms with Crippen LogP contribution in [-0.2, 0) is 5.41 Å². The third-order valence-electron chi connectivity index (χ3n) is 5.83. The van der Waals surface area contributed by atoms with E-state index >= 15 is 0 Å². The van der Waals surface area contributed by atoms with Crippen LogP contribution in [0.2, 0.25) is 0 Å². The molecule has 0 saturated heterocycles. The lowest BCUT2D eigenvalue weighted by Crippen LogP contribution is -2.29. The van der Waals surface area contributed by atoms with E-state index in [1.54, 1.807) is 0 Å². The van der Waals surface area contributed by atoms with Gasteiger partial charge in [-0.05, 0) is 73.9 Å². The zero-order valence-corrected chi connectivity index (χ0v) is 16.1. The lowest BCUT2D eigenvalue weighted by atomic mass is 9.67. The Morgan fingerprint density at radius 2 is 1.08 bits per heavy atom. The summed E-state index contributed by atoms with van der Waals surface area (Å²) in [5.74, 6) is 0.306. The van der Waals surface area contributed by atoms with Crippen LogP contribution in [-0.4, -0.2) is 10.2 Å². The van der Waals surface area contributed by atoms with Gasteiger partial charge in [0.25, 0.3) is 0 Å². The molecule has 0 unspecified atom stereocenters. The van der Waals surface area contributed by atoms with Gasteiger partial charge in [-0.25, -0.2) is 0 Å². The van der Waals surface area contributed by atoms with Gasteiger partial charge in [-0.3, -0.25) is 0 Å². The molecule has 0 aliphatic rings. The highest BCUT2D eigenvalue weighted by atomic mass is 16.3. The number of anilines is 2.